The van der Waals surface area contributed by atoms with Crippen LogP contribution >= 0.6 is 11.8 Å². The van der Waals surface area contributed by atoms with Gasteiger partial charge in [0.15, 0.2) is 0 Å². The monoisotopic (exact) mass is 285 g/mol. The average Bonchev–Trinajstić information content (AvgIpc) is 2.46. The molecular weight excluding hydrogens is 254 g/mol. The Balaban J connectivity index is 2.21. The van der Waals surface area contributed by atoms with Crippen LogP contribution in [-0.2, 0) is 0 Å². The minimum atomic E-state index is -0.128. The molecule has 112 valence electrons. The molecule has 0 atom stereocenters. The SMILES string of the molecule is CC1(C)CCN(CCCCC(C)(C)C(=N)N)CCS1. The number of hydrogen-bond donors (Lipinski definition) is 2. The fourth-order valence-electron chi connectivity index (χ4n) is 2.32. The molecule has 1 heterocycles. The van der Waals surface area contributed by atoms with E-state index in [1.165, 1.54) is 44.6 Å². The maximum absolute atomic E-state index is 7.57. The molecule has 1 aliphatic heterocycles. The van der Waals surface area contributed by atoms with Crippen molar-refractivity contribution in [3.8, 4) is 0 Å². The molecule has 3 nitrogen and oxygen atoms in total. The molecule has 0 aromatic rings. The number of nitrogens with two attached hydrogens (primary N) is 1. The van der Waals surface area contributed by atoms with Crippen LogP contribution < -0.4 is 5.73 Å². The maximum Gasteiger partial charge on any atom is 0.0963 e. The van der Waals surface area contributed by atoms with Gasteiger partial charge in [-0.2, -0.15) is 11.8 Å². The summed E-state index contributed by atoms with van der Waals surface area (Å²) < 4.78 is 0.450. The summed E-state index contributed by atoms with van der Waals surface area (Å²) in [6.07, 6.45) is 4.70. The van der Waals surface area contributed by atoms with Gasteiger partial charge in [0.05, 0.1) is 5.84 Å². The van der Waals surface area contributed by atoms with Gasteiger partial charge in [-0.15, -0.1) is 0 Å². The van der Waals surface area contributed by atoms with Crippen molar-refractivity contribution in [2.45, 2.75) is 58.1 Å². The van der Waals surface area contributed by atoms with Crippen LogP contribution in [-0.4, -0.2) is 40.9 Å². The van der Waals surface area contributed by atoms with Gasteiger partial charge in [-0.3, -0.25) is 5.41 Å². The van der Waals surface area contributed by atoms with E-state index in [9.17, 15) is 0 Å². The lowest BCUT2D eigenvalue weighted by molar-refractivity contribution is 0.272. The summed E-state index contributed by atoms with van der Waals surface area (Å²) in [5.41, 5.74) is 5.49. The molecule has 3 N–H and O–H groups in total. The predicted molar refractivity (Wildman–Crippen MR) is 87.1 cm³/mol. The first-order chi connectivity index (χ1) is 8.73. The second-order valence-corrected chi connectivity index (χ2v) is 8.76. The van der Waals surface area contributed by atoms with E-state index in [1.54, 1.807) is 0 Å². The summed E-state index contributed by atoms with van der Waals surface area (Å²) in [7, 11) is 0. The number of thioether (sulfide) groups is 1. The van der Waals surface area contributed by atoms with Crippen LogP contribution in [0.25, 0.3) is 0 Å². The smallest absolute Gasteiger partial charge is 0.0963 e. The Hall–Kier alpha value is -0.220. The standard InChI is InChI=1S/C15H31N3S/c1-14(2,13(16)17)7-5-6-9-18-10-8-15(3,4)19-12-11-18/h5-12H2,1-4H3,(H3,16,17). The van der Waals surface area contributed by atoms with Gasteiger partial charge in [-0.05, 0) is 32.4 Å². The van der Waals surface area contributed by atoms with E-state index in [0.717, 1.165) is 6.42 Å². The second-order valence-electron chi connectivity index (χ2n) is 6.95. The maximum atomic E-state index is 7.57. The fraction of sp³-hybridized carbons (Fsp3) is 0.933. The number of amidine groups is 1. The Morgan fingerprint density at radius 1 is 1.32 bits per heavy atom. The Labute approximate surface area is 123 Å². The van der Waals surface area contributed by atoms with E-state index in [2.05, 4.69) is 44.4 Å². The molecule has 0 radical (unpaired) electrons. The molecule has 4 heteroatoms. The van der Waals surface area contributed by atoms with Crippen LogP contribution in [0.5, 0.6) is 0 Å². The third-order valence-corrected chi connectivity index (χ3v) is 5.56. The number of unbranched alkanes of at least 4 members (excludes halogenated alkanes) is 1. The zero-order valence-electron chi connectivity index (χ0n) is 13.1. The number of rotatable bonds is 6. The molecule has 1 saturated heterocycles. The summed E-state index contributed by atoms with van der Waals surface area (Å²) in [5.74, 6) is 1.58. The van der Waals surface area contributed by atoms with Gasteiger partial charge in [0.2, 0.25) is 0 Å². The first-order valence-electron chi connectivity index (χ1n) is 7.44. The number of hydrogen-bond acceptors (Lipinski definition) is 3. The number of nitrogens with one attached hydrogen (secondary N) is 1. The molecule has 0 unspecified atom stereocenters. The molecule has 0 aromatic heterocycles. The van der Waals surface area contributed by atoms with Crippen LogP contribution in [0.15, 0.2) is 0 Å². The van der Waals surface area contributed by atoms with Crippen molar-refractivity contribution < 1.29 is 0 Å². The lowest BCUT2D eigenvalue weighted by atomic mass is 9.86. The molecule has 0 spiro atoms. The van der Waals surface area contributed by atoms with E-state index in [0.29, 0.717) is 10.6 Å². The van der Waals surface area contributed by atoms with Crippen molar-refractivity contribution in [1.82, 2.24) is 4.90 Å². The Kier molecular flexibility index (Phi) is 6.18. The van der Waals surface area contributed by atoms with Gasteiger partial charge in [0.1, 0.15) is 0 Å². The van der Waals surface area contributed by atoms with Gasteiger partial charge in [0, 0.05) is 22.5 Å². The molecule has 0 aliphatic carbocycles. The highest BCUT2D eigenvalue weighted by Gasteiger charge is 2.24. The van der Waals surface area contributed by atoms with E-state index < -0.39 is 0 Å². The molecule has 0 saturated carbocycles. The van der Waals surface area contributed by atoms with Crippen LogP contribution in [0.4, 0.5) is 0 Å². The van der Waals surface area contributed by atoms with Gasteiger partial charge >= 0.3 is 0 Å². The van der Waals surface area contributed by atoms with E-state index in [4.69, 9.17) is 11.1 Å². The largest absolute Gasteiger partial charge is 0.387 e. The highest BCUT2D eigenvalue weighted by Crippen LogP contribution is 2.30. The van der Waals surface area contributed by atoms with Gasteiger partial charge < -0.3 is 10.6 Å². The van der Waals surface area contributed by atoms with E-state index in [-0.39, 0.29) is 5.41 Å². The molecule has 0 aromatic carbocycles. The van der Waals surface area contributed by atoms with Crippen molar-refractivity contribution in [2.24, 2.45) is 11.1 Å². The topological polar surface area (TPSA) is 53.1 Å². The van der Waals surface area contributed by atoms with Crippen LogP contribution in [0.3, 0.4) is 0 Å². The molecule has 19 heavy (non-hydrogen) atoms. The third kappa shape index (κ3) is 6.17. The molecule has 1 rings (SSSR count). The first-order valence-corrected chi connectivity index (χ1v) is 8.42. The Morgan fingerprint density at radius 2 is 2.00 bits per heavy atom. The Bertz CT molecular complexity index is 300. The van der Waals surface area contributed by atoms with Crippen molar-refractivity contribution >= 4 is 17.6 Å². The lowest BCUT2D eigenvalue weighted by Gasteiger charge is -2.24. The molecule has 1 aliphatic rings. The average molecular weight is 286 g/mol. The minimum Gasteiger partial charge on any atom is -0.387 e. The summed E-state index contributed by atoms with van der Waals surface area (Å²) >= 11 is 2.11. The van der Waals surface area contributed by atoms with E-state index in [1.807, 2.05) is 0 Å². The van der Waals surface area contributed by atoms with Crippen molar-refractivity contribution in [1.29, 1.82) is 5.41 Å². The Morgan fingerprint density at radius 3 is 2.63 bits per heavy atom. The van der Waals surface area contributed by atoms with Gasteiger partial charge in [0.25, 0.3) is 0 Å². The van der Waals surface area contributed by atoms with Crippen molar-refractivity contribution in [3.05, 3.63) is 0 Å². The molecular formula is C15H31N3S. The zero-order chi connectivity index (χ0) is 14.5. The van der Waals surface area contributed by atoms with Crippen molar-refractivity contribution in [2.75, 3.05) is 25.4 Å². The highest BCUT2D eigenvalue weighted by molar-refractivity contribution is 8.00. The van der Waals surface area contributed by atoms with E-state index >= 15 is 0 Å². The molecule has 0 amide bonds. The van der Waals surface area contributed by atoms with Gasteiger partial charge in [-0.25, -0.2) is 0 Å². The zero-order valence-corrected chi connectivity index (χ0v) is 13.9. The predicted octanol–water partition coefficient (Wildman–Crippen LogP) is 3.34. The lowest BCUT2D eigenvalue weighted by Crippen LogP contribution is -2.31. The van der Waals surface area contributed by atoms with Crippen LogP contribution in [0.2, 0.25) is 0 Å². The summed E-state index contributed by atoms with van der Waals surface area (Å²) in [4.78, 5) is 2.60. The van der Waals surface area contributed by atoms with Crippen LogP contribution in [0, 0.1) is 10.8 Å². The first kappa shape index (κ1) is 16.8. The normalized spacial score (nSPS) is 21.1. The molecule has 0 bridgehead atoms. The fourth-order valence-corrected chi connectivity index (χ4v) is 3.46. The third-order valence-electron chi connectivity index (χ3n) is 4.19. The minimum absolute atomic E-state index is 0.128. The van der Waals surface area contributed by atoms with Crippen LogP contribution in [0.1, 0.15) is 53.4 Å². The number of nitrogens with zero attached hydrogens (tertiary/aromatic N) is 1. The summed E-state index contributed by atoms with van der Waals surface area (Å²) in [5, 5.41) is 7.57. The molecule has 1 fully saturated rings. The second kappa shape index (κ2) is 6.98. The summed E-state index contributed by atoms with van der Waals surface area (Å²) in [6, 6.07) is 0. The quantitative estimate of drug-likeness (QED) is 0.447. The van der Waals surface area contributed by atoms with Gasteiger partial charge in [-0.1, -0.05) is 34.1 Å². The summed E-state index contributed by atoms with van der Waals surface area (Å²) in [6.45, 7) is 12.5. The highest BCUT2D eigenvalue weighted by atomic mass is 32.2. The van der Waals surface area contributed by atoms with Crippen molar-refractivity contribution in [3.63, 3.8) is 0 Å².